The van der Waals surface area contributed by atoms with E-state index >= 15 is 0 Å². The molecule has 0 radical (unpaired) electrons. The van der Waals surface area contributed by atoms with Gasteiger partial charge in [0, 0.05) is 5.56 Å². The van der Waals surface area contributed by atoms with Crippen LogP contribution in [-0.2, 0) is 11.4 Å². The maximum atomic E-state index is 12.5. The predicted molar refractivity (Wildman–Crippen MR) is 128 cm³/mol. The summed E-state index contributed by atoms with van der Waals surface area (Å²) in [5.74, 6) is -1.44. The van der Waals surface area contributed by atoms with E-state index in [-0.39, 0.29) is 30.2 Å². The van der Waals surface area contributed by atoms with Gasteiger partial charge in [-0.15, -0.1) is 5.10 Å². The van der Waals surface area contributed by atoms with Gasteiger partial charge < -0.3 is 10.1 Å². The maximum absolute atomic E-state index is 12.5. The SMILES string of the molecule is O=C(NCC(F)(F)F)c1ccc(-n2cc(C(=O)NOCc3ccccc3)nn2)c(OCCCCCCF)c1. The lowest BCUT2D eigenvalue weighted by Crippen LogP contribution is -2.33. The van der Waals surface area contributed by atoms with Crippen LogP contribution in [0.15, 0.2) is 54.7 Å². The largest absolute Gasteiger partial charge is 0.491 e. The summed E-state index contributed by atoms with van der Waals surface area (Å²) in [6, 6.07) is 13.2. The van der Waals surface area contributed by atoms with E-state index in [9.17, 15) is 27.2 Å². The highest BCUT2D eigenvalue weighted by Gasteiger charge is 2.28. The average Bonchev–Trinajstić information content (AvgIpc) is 3.39. The third-order valence-corrected chi connectivity index (χ3v) is 5.18. The number of hydrogen-bond donors (Lipinski definition) is 2. The van der Waals surface area contributed by atoms with E-state index in [1.165, 1.54) is 29.1 Å². The number of unbranched alkanes of at least 4 members (excludes halogenated alkanes) is 3. The van der Waals surface area contributed by atoms with E-state index in [1.807, 2.05) is 35.6 Å². The molecule has 2 amide bonds. The lowest BCUT2D eigenvalue weighted by atomic mass is 10.1. The number of carbonyl (C=O) groups excluding carboxylic acids is 2. The Balaban J connectivity index is 1.70. The molecule has 0 saturated carbocycles. The zero-order valence-electron chi connectivity index (χ0n) is 20.3. The van der Waals surface area contributed by atoms with Crippen molar-refractivity contribution in [2.75, 3.05) is 19.8 Å². The molecule has 38 heavy (non-hydrogen) atoms. The van der Waals surface area contributed by atoms with Gasteiger partial charge in [-0.3, -0.25) is 18.8 Å². The molecular formula is C25H27F4N5O4. The molecule has 0 aliphatic heterocycles. The lowest BCUT2D eigenvalue weighted by molar-refractivity contribution is -0.123. The van der Waals surface area contributed by atoms with Crippen LogP contribution in [0.2, 0.25) is 0 Å². The molecule has 1 aromatic heterocycles. The maximum Gasteiger partial charge on any atom is 0.405 e. The van der Waals surface area contributed by atoms with Gasteiger partial charge in [-0.25, -0.2) is 10.2 Å². The number of alkyl halides is 4. The minimum Gasteiger partial charge on any atom is -0.491 e. The highest BCUT2D eigenvalue weighted by molar-refractivity contribution is 5.95. The number of nitrogens with zero attached hydrogens (tertiary/aromatic N) is 3. The van der Waals surface area contributed by atoms with Crippen molar-refractivity contribution in [3.05, 3.63) is 71.5 Å². The fraction of sp³-hybridized carbons (Fsp3) is 0.360. The number of carbonyl (C=O) groups is 2. The summed E-state index contributed by atoms with van der Waals surface area (Å²) in [4.78, 5) is 29.8. The van der Waals surface area contributed by atoms with Crippen molar-refractivity contribution in [1.82, 2.24) is 25.8 Å². The molecule has 0 atom stereocenters. The first-order chi connectivity index (χ1) is 18.3. The van der Waals surface area contributed by atoms with Crippen molar-refractivity contribution < 1.29 is 36.7 Å². The number of hydroxylamine groups is 1. The van der Waals surface area contributed by atoms with Gasteiger partial charge in [0.15, 0.2) is 5.69 Å². The molecule has 3 aromatic rings. The van der Waals surface area contributed by atoms with E-state index in [4.69, 9.17) is 9.57 Å². The number of amides is 2. The minimum absolute atomic E-state index is 0.0576. The molecule has 9 nitrogen and oxygen atoms in total. The standard InChI is InChI=1S/C25H27F4N5O4/c26-12-6-1-2-7-13-37-22-14-19(23(35)30-17-25(27,28)29)10-11-21(22)34-15-20(31-33-34)24(36)32-38-16-18-8-4-3-5-9-18/h3-5,8-11,14-15H,1-2,6-7,12-13,16-17H2,(H,30,35)(H,32,36). The van der Waals surface area contributed by atoms with E-state index in [2.05, 4.69) is 15.8 Å². The van der Waals surface area contributed by atoms with Crippen LogP contribution >= 0.6 is 0 Å². The Morgan fingerprint density at radius 3 is 2.47 bits per heavy atom. The molecule has 3 rings (SSSR count). The fourth-order valence-electron chi connectivity index (χ4n) is 3.27. The zero-order chi connectivity index (χ0) is 27.4. The second kappa shape index (κ2) is 14.1. The number of halogens is 4. The first kappa shape index (κ1) is 28.6. The molecule has 0 aliphatic rings. The van der Waals surface area contributed by atoms with E-state index in [1.54, 1.807) is 0 Å². The molecule has 0 saturated heterocycles. The summed E-state index contributed by atoms with van der Waals surface area (Å²) in [5.41, 5.74) is 3.31. The Bertz CT molecular complexity index is 1190. The number of ether oxygens (including phenoxy) is 1. The van der Waals surface area contributed by atoms with Crippen LogP contribution in [0.1, 0.15) is 52.1 Å². The van der Waals surface area contributed by atoms with Crippen LogP contribution in [0, 0.1) is 0 Å². The highest BCUT2D eigenvalue weighted by atomic mass is 19.4. The van der Waals surface area contributed by atoms with Crippen molar-refractivity contribution in [3.63, 3.8) is 0 Å². The van der Waals surface area contributed by atoms with Crippen LogP contribution in [0.5, 0.6) is 5.75 Å². The summed E-state index contributed by atoms with van der Waals surface area (Å²) in [6.45, 7) is -1.53. The number of aromatic nitrogens is 3. The molecule has 0 fully saturated rings. The Hall–Kier alpha value is -4.00. The van der Waals surface area contributed by atoms with Gasteiger partial charge in [0.2, 0.25) is 0 Å². The summed E-state index contributed by atoms with van der Waals surface area (Å²) in [6.07, 6.45) is -0.820. The topological polar surface area (TPSA) is 107 Å². The molecule has 2 aromatic carbocycles. The van der Waals surface area contributed by atoms with Crippen LogP contribution in [0.4, 0.5) is 17.6 Å². The Morgan fingerprint density at radius 2 is 1.74 bits per heavy atom. The van der Waals surface area contributed by atoms with Crippen molar-refractivity contribution >= 4 is 11.8 Å². The molecular weight excluding hydrogens is 510 g/mol. The van der Waals surface area contributed by atoms with Gasteiger partial charge >= 0.3 is 6.18 Å². The van der Waals surface area contributed by atoms with Gasteiger partial charge in [-0.2, -0.15) is 13.2 Å². The predicted octanol–water partition coefficient (Wildman–Crippen LogP) is 4.33. The lowest BCUT2D eigenvalue weighted by Gasteiger charge is -2.14. The van der Waals surface area contributed by atoms with Crippen LogP contribution in [-0.4, -0.2) is 52.8 Å². The van der Waals surface area contributed by atoms with Gasteiger partial charge in [-0.05, 0) is 43.0 Å². The van der Waals surface area contributed by atoms with E-state index in [0.717, 1.165) is 5.56 Å². The smallest absolute Gasteiger partial charge is 0.405 e. The summed E-state index contributed by atoms with van der Waals surface area (Å²) < 4.78 is 56.8. The second-order valence-electron chi connectivity index (χ2n) is 8.19. The third-order valence-electron chi connectivity index (χ3n) is 5.18. The van der Waals surface area contributed by atoms with Gasteiger partial charge in [0.25, 0.3) is 11.8 Å². The monoisotopic (exact) mass is 537 g/mol. The molecule has 0 aliphatic carbocycles. The molecule has 0 bridgehead atoms. The third kappa shape index (κ3) is 9.14. The first-order valence-corrected chi connectivity index (χ1v) is 11.8. The molecule has 2 N–H and O–H groups in total. The Morgan fingerprint density at radius 1 is 0.974 bits per heavy atom. The fourth-order valence-corrected chi connectivity index (χ4v) is 3.27. The molecule has 1 heterocycles. The van der Waals surface area contributed by atoms with E-state index in [0.29, 0.717) is 31.4 Å². The molecule has 0 unspecified atom stereocenters. The van der Waals surface area contributed by atoms with Crippen LogP contribution in [0.3, 0.4) is 0 Å². The molecule has 204 valence electrons. The van der Waals surface area contributed by atoms with Crippen molar-refractivity contribution in [2.45, 2.75) is 38.5 Å². The minimum atomic E-state index is -4.56. The first-order valence-electron chi connectivity index (χ1n) is 11.8. The number of rotatable bonds is 14. The quantitative estimate of drug-likeness (QED) is 0.180. The van der Waals surface area contributed by atoms with Gasteiger partial charge in [0.05, 0.1) is 26.1 Å². The number of benzene rings is 2. The summed E-state index contributed by atoms with van der Waals surface area (Å²) >= 11 is 0. The summed E-state index contributed by atoms with van der Waals surface area (Å²) in [5, 5.41) is 9.56. The van der Waals surface area contributed by atoms with Crippen molar-refractivity contribution in [1.29, 1.82) is 0 Å². The Kier molecular flexibility index (Phi) is 10.6. The average molecular weight is 538 g/mol. The number of hydrogen-bond acceptors (Lipinski definition) is 6. The second-order valence-corrected chi connectivity index (χ2v) is 8.19. The van der Waals surface area contributed by atoms with Crippen LogP contribution in [0.25, 0.3) is 5.69 Å². The van der Waals surface area contributed by atoms with E-state index < -0.39 is 31.2 Å². The number of nitrogens with one attached hydrogen (secondary N) is 2. The van der Waals surface area contributed by atoms with Crippen LogP contribution < -0.4 is 15.5 Å². The molecule has 13 heteroatoms. The van der Waals surface area contributed by atoms with Gasteiger partial charge in [0.1, 0.15) is 18.0 Å². The van der Waals surface area contributed by atoms with Crippen molar-refractivity contribution in [2.24, 2.45) is 0 Å². The zero-order valence-corrected chi connectivity index (χ0v) is 20.3. The molecule has 0 spiro atoms. The normalized spacial score (nSPS) is 11.3. The Labute approximate surface area is 216 Å². The summed E-state index contributed by atoms with van der Waals surface area (Å²) in [7, 11) is 0. The highest BCUT2D eigenvalue weighted by Crippen LogP contribution is 2.25. The van der Waals surface area contributed by atoms with Gasteiger partial charge in [-0.1, -0.05) is 42.0 Å². The van der Waals surface area contributed by atoms with Crippen molar-refractivity contribution in [3.8, 4) is 11.4 Å².